The van der Waals surface area contributed by atoms with Gasteiger partial charge in [0, 0.05) is 76.9 Å². The molecule has 2 amide bonds. The zero-order chi connectivity index (χ0) is 35.6. The summed E-state index contributed by atoms with van der Waals surface area (Å²) in [6.07, 6.45) is 8.38. The van der Waals surface area contributed by atoms with Gasteiger partial charge in [-0.1, -0.05) is 17.4 Å². The molecule has 5 aromatic heterocycles. The maximum absolute atomic E-state index is 12.3. The zero-order valence-electron chi connectivity index (χ0n) is 29.0. The van der Waals surface area contributed by atoms with E-state index >= 15 is 0 Å². The monoisotopic (exact) mass is 716 g/mol. The molecule has 3 fully saturated rings. The van der Waals surface area contributed by atoms with Gasteiger partial charge in [-0.3, -0.25) is 24.8 Å². The van der Waals surface area contributed by atoms with Crippen LogP contribution in [0.2, 0.25) is 0 Å². The van der Waals surface area contributed by atoms with Crippen LogP contribution in [-0.2, 0) is 9.59 Å². The van der Waals surface area contributed by atoms with Crippen molar-refractivity contribution in [3.05, 3.63) is 66.1 Å². The Balaban J connectivity index is 0.843. The highest BCUT2D eigenvalue weighted by atomic mass is 32.1. The molecule has 0 aliphatic carbocycles. The summed E-state index contributed by atoms with van der Waals surface area (Å²) in [5.74, 6) is 0.873. The molecule has 0 spiro atoms. The van der Waals surface area contributed by atoms with Crippen molar-refractivity contribution >= 4 is 45.3 Å². The average Bonchev–Trinajstić information content (AvgIpc) is 3.84. The topological polar surface area (TPSA) is 161 Å². The fraction of sp³-hybridized carbons (Fsp3) is 0.405. The van der Waals surface area contributed by atoms with Crippen molar-refractivity contribution in [1.29, 1.82) is 5.26 Å². The van der Waals surface area contributed by atoms with Gasteiger partial charge < -0.3 is 15.1 Å². The predicted molar refractivity (Wildman–Crippen MR) is 199 cm³/mol. The van der Waals surface area contributed by atoms with Crippen molar-refractivity contribution in [1.82, 2.24) is 40.0 Å². The van der Waals surface area contributed by atoms with Gasteiger partial charge in [0.1, 0.15) is 11.9 Å². The summed E-state index contributed by atoms with van der Waals surface area (Å²) in [4.78, 5) is 40.5. The normalized spacial score (nSPS) is 18.8. The van der Waals surface area contributed by atoms with E-state index < -0.39 is 0 Å². The van der Waals surface area contributed by atoms with E-state index in [1.54, 1.807) is 28.2 Å². The molecule has 0 radical (unpaired) electrons. The minimum Gasteiger partial charge on any atom is -0.385 e. The molecule has 0 aromatic carbocycles. The van der Waals surface area contributed by atoms with E-state index in [4.69, 9.17) is 4.98 Å². The van der Waals surface area contributed by atoms with Crippen LogP contribution in [0, 0.1) is 17.2 Å². The number of pyridine rings is 2. The highest BCUT2D eigenvalue weighted by molar-refractivity contribution is 7.18. The lowest BCUT2D eigenvalue weighted by Gasteiger charge is -2.39. The first-order valence-corrected chi connectivity index (χ1v) is 18.8. The number of anilines is 3. The van der Waals surface area contributed by atoms with Gasteiger partial charge in [0.25, 0.3) is 0 Å². The Labute approximate surface area is 305 Å². The highest BCUT2D eigenvalue weighted by Gasteiger charge is 2.29. The van der Waals surface area contributed by atoms with Gasteiger partial charge in [-0.15, -0.1) is 10.2 Å². The second-order valence-electron chi connectivity index (χ2n) is 13.6. The van der Waals surface area contributed by atoms with Gasteiger partial charge in [0.2, 0.25) is 16.9 Å². The van der Waals surface area contributed by atoms with Crippen LogP contribution >= 0.6 is 11.3 Å². The molecule has 0 unspecified atom stereocenters. The van der Waals surface area contributed by atoms with E-state index in [9.17, 15) is 14.9 Å². The molecule has 3 aliphatic rings. The molecule has 15 heteroatoms. The smallest absolute Gasteiger partial charge is 0.234 e. The number of hydrogen-bond acceptors (Lipinski definition) is 13. The van der Waals surface area contributed by atoms with Crippen LogP contribution in [0.15, 0.2) is 55.0 Å². The number of nitrogens with zero attached hydrogens (tertiary/aromatic N) is 10. The second kappa shape index (κ2) is 14.6. The minimum absolute atomic E-state index is 0.197. The summed E-state index contributed by atoms with van der Waals surface area (Å²) in [6, 6.07) is 13.9. The number of nitriles is 1. The van der Waals surface area contributed by atoms with Crippen LogP contribution in [0.5, 0.6) is 0 Å². The van der Waals surface area contributed by atoms with Gasteiger partial charge in [0.05, 0.1) is 40.1 Å². The third kappa shape index (κ3) is 6.91. The number of carbonyl (C=O) groups is 2. The molecule has 8 rings (SSSR count). The molecule has 266 valence electrons. The molecule has 5 aromatic rings. The highest BCUT2D eigenvalue weighted by Crippen LogP contribution is 2.36. The Bertz CT molecular complexity index is 2120. The molecule has 0 saturated carbocycles. The maximum atomic E-state index is 12.3. The van der Waals surface area contributed by atoms with Gasteiger partial charge >= 0.3 is 0 Å². The van der Waals surface area contributed by atoms with E-state index in [-0.39, 0.29) is 17.7 Å². The van der Waals surface area contributed by atoms with Gasteiger partial charge in [-0.25, -0.2) is 9.50 Å². The van der Waals surface area contributed by atoms with E-state index in [1.165, 1.54) is 0 Å². The second-order valence-corrected chi connectivity index (χ2v) is 14.6. The molecular weight excluding hydrogens is 677 g/mol. The number of piperazine rings is 1. The molecule has 14 nitrogen and oxygen atoms in total. The lowest BCUT2D eigenvalue weighted by atomic mass is 9.91. The number of piperidine rings is 2. The van der Waals surface area contributed by atoms with Gasteiger partial charge in [-0.2, -0.15) is 10.4 Å². The number of rotatable bonds is 9. The number of fused-ring (bicyclic) bond motifs is 1. The summed E-state index contributed by atoms with van der Waals surface area (Å²) in [6.45, 7) is 9.66. The summed E-state index contributed by atoms with van der Waals surface area (Å²) in [5.41, 5.74) is 5.72. The van der Waals surface area contributed by atoms with Crippen molar-refractivity contribution < 1.29 is 9.59 Å². The van der Waals surface area contributed by atoms with E-state index in [0.29, 0.717) is 24.3 Å². The van der Waals surface area contributed by atoms with Crippen LogP contribution < -0.4 is 20.4 Å². The average molecular weight is 717 g/mol. The lowest BCUT2D eigenvalue weighted by molar-refractivity contribution is -0.134. The molecule has 1 atom stereocenters. The van der Waals surface area contributed by atoms with Crippen molar-refractivity contribution in [3.63, 3.8) is 0 Å². The number of hydrogen-bond donors (Lipinski definition) is 2. The summed E-state index contributed by atoms with van der Waals surface area (Å²) in [7, 11) is 0. The molecular formula is C37H40N12O2S. The van der Waals surface area contributed by atoms with E-state index in [1.807, 2.05) is 42.6 Å². The first-order valence-electron chi connectivity index (χ1n) is 17.9. The Morgan fingerprint density at radius 1 is 0.942 bits per heavy atom. The molecule has 2 N–H and O–H groups in total. The standard InChI is InChI=1S/C37H40N12O2S/c1-2-39-30-18-31(32-6-4-27-17-25(19-38)20-42-49(27)32)40-22-29(30)36-44-45-37(52-36)48-15-13-46(14-16-48)23-24-9-11-47(12-10-24)33-7-3-26(21-41-33)28-5-8-34(50)43-35(28)51/h3-4,6-7,17-18,20-22,24,28H,2,5,8-16,23H2,1H3,(H,39,40)(H,43,50,51)/t28-/m0/s1. The van der Waals surface area contributed by atoms with Gasteiger partial charge in [-0.05, 0) is 68.0 Å². The Kier molecular flexibility index (Phi) is 9.48. The molecule has 0 bridgehead atoms. The quantitative estimate of drug-likeness (QED) is 0.210. The number of nitrogens with one attached hydrogen (secondary N) is 2. The van der Waals surface area contributed by atoms with Crippen LogP contribution in [0.1, 0.15) is 49.7 Å². The third-order valence-corrected chi connectivity index (χ3v) is 11.3. The molecule has 52 heavy (non-hydrogen) atoms. The van der Waals surface area contributed by atoms with Crippen molar-refractivity contribution in [2.75, 3.05) is 67.5 Å². The summed E-state index contributed by atoms with van der Waals surface area (Å²) < 4.78 is 1.80. The maximum Gasteiger partial charge on any atom is 0.234 e. The van der Waals surface area contributed by atoms with Crippen molar-refractivity contribution in [3.8, 4) is 28.0 Å². The van der Waals surface area contributed by atoms with E-state index in [0.717, 1.165) is 115 Å². The van der Waals surface area contributed by atoms with Crippen LogP contribution in [0.3, 0.4) is 0 Å². The Morgan fingerprint density at radius 3 is 2.54 bits per heavy atom. The number of imide groups is 1. The largest absolute Gasteiger partial charge is 0.385 e. The Hall–Kier alpha value is -5.46. The fourth-order valence-corrected chi connectivity index (χ4v) is 8.36. The Morgan fingerprint density at radius 2 is 1.79 bits per heavy atom. The molecule has 8 heterocycles. The van der Waals surface area contributed by atoms with E-state index in [2.05, 4.69) is 58.6 Å². The summed E-state index contributed by atoms with van der Waals surface area (Å²) in [5, 5.41) is 30.6. The number of carbonyl (C=O) groups excluding carboxylic acids is 2. The zero-order valence-corrected chi connectivity index (χ0v) is 29.8. The van der Waals surface area contributed by atoms with Crippen LogP contribution in [-0.4, -0.2) is 98.9 Å². The van der Waals surface area contributed by atoms with Crippen LogP contribution in [0.4, 0.5) is 16.6 Å². The fourth-order valence-electron chi connectivity index (χ4n) is 7.44. The first kappa shape index (κ1) is 33.7. The van der Waals surface area contributed by atoms with Crippen molar-refractivity contribution in [2.24, 2.45) is 5.92 Å². The summed E-state index contributed by atoms with van der Waals surface area (Å²) >= 11 is 1.60. The van der Waals surface area contributed by atoms with Crippen LogP contribution in [0.25, 0.3) is 27.5 Å². The number of amides is 2. The SMILES string of the molecule is CCNc1cc(-c2ccc3cc(C#N)cnn23)ncc1-c1nnc(N2CCN(CC3CCN(c4ccc([C@@H]5CCC(=O)NC5=O)cn4)CC3)CC2)s1. The third-order valence-electron chi connectivity index (χ3n) is 10.3. The lowest BCUT2D eigenvalue weighted by Crippen LogP contribution is -2.49. The van der Waals surface area contributed by atoms with Gasteiger partial charge in [0.15, 0.2) is 5.01 Å². The number of aromatic nitrogens is 6. The molecule has 3 aliphatic heterocycles. The minimum atomic E-state index is -0.303. The first-order chi connectivity index (χ1) is 25.4. The molecule has 3 saturated heterocycles. The van der Waals surface area contributed by atoms with Crippen molar-refractivity contribution in [2.45, 2.75) is 38.5 Å². The predicted octanol–water partition coefficient (Wildman–Crippen LogP) is 4.17.